The van der Waals surface area contributed by atoms with E-state index < -0.39 is 5.54 Å². The van der Waals surface area contributed by atoms with Crippen LogP contribution in [0.2, 0.25) is 10.0 Å². The molecule has 2 nitrogen and oxygen atoms in total. The van der Waals surface area contributed by atoms with E-state index in [1.54, 1.807) is 6.07 Å². The lowest BCUT2D eigenvalue weighted by Gasteiger charge is -2.29. The van der Waals surface area contributed by atoms with Crippen molar-refractivity contribution in [1.29, 1.82) is 0 Å². The maximum Gasteiger partial charge on any atom is 0.0652 e. The van der Waals surface area contributed by atoms with Crippen molar-refractivity contribution in [3.05, 3.63) is 69.7 Å². The molecule has 1 atom stereocenters. The summed E-state index contributed by atoms with van der Waals surface area (Å²) >= 11 is 12.2. The van der Waals surface area contributed by atoms with Crippen LogP contribution in [0.1, 0.15) is 18.1 Å². The number of hydrogen-bond acceptors (Lipinski definition) is 2. The summed E-state index contributed by atoms with van der Waals surface area (Å²) < 4.78 is 0. The van der Waals surface area contributed by atoms with E-state index in [-0.39, 0.29) is 6.61 Å². The average Bonchev–Trinajstić information content (AvgIpc) is 2.49. The Hall–Kier alpha value is -1.06. The number of rotatable bonds is 5. The van der Waals surface area contributed by atoms with Gasteiger partial charge in [0, 0.05) is 6.54 Å². The standard InChI is InChI=1S/C16H17Cl2NO/c1-16(11-20,13-7-3-2-4-8-13)19-10-12-6-5-9-14(17)15(12)18/h2-9,19-20H,10-11H2,1H3. The molecule has 0 aliphatic heterocycles. The normalized spacial score (nSPS) is 14.0. The summed E-state index contributed by atoms with van der Waals surface area (Å²) in [4.78, 5) is 0. The molecule has 0 aliphatic carbocycles. The molecular weight excluding hydrogens is 293 g/mol. The number of hydrogen-bond donors (Lipinski definition) is 2. The van der Waals surface area contributed by atoms with E-state index in [0.717, 1.165) is 11.1 Å². The largest absolute Gasteiger partial charge is 0.394 e. The lowest BCUT2D eigenvalue weighted by molar-refractivity contribution is 0.173. The minimum absolute atomic E-state index is 0.00476. The second kappa shape index (κ2) is 6.59. The molecule has 0 heterocycles. The fraction of sp³-hybridized carbons (Fsp3) is 0.250. The van der Waals surface area contributed by atoms with Gasteiger partial charge in [-0.3, -0.25) is 0 Å². The van der Waals surface area contributed by atoms with Gasteiger partial charge in [0.25, 0.3) is 0 Å². The van der Waals surface area contributed by atoms with Crippen molar-refractivity contribution in [3.8, 4) is 0 Å². The van der Waals surface area contributed by atoms with Gasteiger partial charge in [-0.2, -0.15) is 0 Å². The fourth-order valence-electron chi connectivity index (χ4n) is 2.03. The van der Waals surface area contributed by atoms with Crippen molar-refractivity contribution in [2.45, 2.75) is 19.0 Å². The van der Waals surface area contributed by atoms with Crippen LogP contribution in [-0.2, 0) is 12.1 Å². The molecule has 1 unspecified atom stereocenters. The van der Waals surface area contributed by atoms with Crippen LogP contribution in [0.5, 0.6) is 0 Å². The van der Waals surface area contributed by atoms with Crippen LogP contribution in [0.25, 0.3) is 0 Å². The molecule has 0 spiro atoms. The highest BCUT2D eigenvalue weighted by atomic mass is 35.5. The van der Waals surface area contributed by atoms with Crippen molar-refractivity contribution in [1.82, 2.24) is 5.32 Å². The molecule has 0 aliphatic rings. The smallest absolute Gasteiger partial charge is 0.0652 e. The summed E-state index contributed by atoms with van der Waals surface area (Å²) in [6.07, 6.45) is 0. The van der Waals surface area contributed by atoms with Gasteiger partial charge in [0.2, 0.25) is 0 Å². The van der Waals surface area contributed by atoms with Crippen LogP contribution in [-0.4, -0.2) is 11.7 Å². The number of aliphatic hydroxyl groups is 1. The summed E-state index contributed by atoms with van der Waals surface area (Å²) in [5, 5.41) is 14.2. The SMILES string of the molecule is CC(CO)(NCc1cccc(Cl)c1Cl)c1ccccc1. The van der Waals surface area contributed by atoms with Crippen molar-refractivity contribution in [2.24, 2.45) is 0 Å². The third-order valence-electron chi connectivity index (χ3n) is 3.43. The second-order valence-corrected chi connectivity index (χ2v) is 5.71. The Morgan fingerprint density at radius 3 is 2.40 bits per heavy atom. The van der Waals surface area contributed by atoms with E-state index in [1.807, 2.05) is 49.4 Å². The van der Waals surface area contributed by atoms with Gasteiger partial charge in [0.1, 0.15) is 0 Å². The predicted octanol–water partition coefficient (Wildman–Crippen LogP) is 3.99. The first-order valence-corrected chi connectivity index (χ1v) is 7.17. The zero-order valence-corrected chi connectivity index (χ0v) is 12.7. The van der Waals surface area contributed by atoms with Gasteiger partial charge in [-0.1, -0.05) is 65.7 Å². The molecule has 0 aromatic heterocycles. The predicted molar refractivity (Wildman–Crippen MR) is 84.2 cm³/mol. The number of aliphatic hydroxyl groups excluding tert-OH is 1. The monoisotopic (exact) mass is 309 g/mol. The maximum absolute atomic E-state index is 9.72. The minimum atomic E-state index is -0.521. The molecule has 0 radical (unpaired) electrons. The molecule has 2 aromatic rings. The Labute approximate surface area is 129 Å². The van der Waals surface area contributed by atoms with Crippen molar-refractivity contribution < 1.29 is 5.11 Å². The third kappa shape index (κ3) is 3.33. The van der Waals surface area contributed by atoms with Crippen LogP contribution in [0.4, 0.5) is 0 Å². The summed E-state index contributed by atoms with van der Waals surface area (Å²) in [6.45, 7) is 2.49. The molecule has 20 heavy (non-hydrogen) atoms. The van der Waals surface area contributed by atoms with E-state index in [1.165, 1.54) is 0 Å². The van der Waals surface area contributed by atoms with Crippen LogP contribution in [0.3, 0.4) is 0 Å². The fourth-order valence-corrected chi connectivity index (χ4v) is 2.42. The van der Waals surface area contributed by atoms with Crippen LogP contribution < -0.4 is 5.32 Å². The van der Waals surface area contributed by atoms with Crippen molar-refractivity contribution in [3.63, 3.8) is 0 Å². The van der Waals surface area contributed by atoms with Gasteiger partial charge >= 0.3 is 0 Å². The number of benzene rings is 2. The Bertz CT molecular complexity index is 574. The lowest BCUT2D eigenvalue weighted by Crippen LogP contribution is -2.42. The lowest BCUT2D eigenvalue weighted by atomic mass is 9.92. The first-order valence-electron chi connectivity index (χ1n) is 6.41. The summed E-state index contributed by atoms with van der Waals surface area (Å²) in [7, 11) is 0. The highest BCUT2D eigenvalue weighted by Gasteiger charge is 2.25. The van der Waals surface area contributed by atoms with E-state index >= 15 is 0 Å². The minimum Gasteiger partial charge on any atom is -0.394 e. The highest BCUT2D eigenvalue weighted by Crippen LogP contribution is 2.27. The first kappa shape index (κ1) is 15.3. The van der Waals surface area contributed by atoms with Gasteiger partial charge in [-0.05, 0) is 24.1 Å². The maximum atomic E-state index is 9.72. The molecule has 0 bridgehead atoms. The van der Waals surface area contributed by atoms with Crippen LogP contribution in [0, 0.1) is 0 Å². The summed E-state index contributed by atoms with van der Waals surface area (Å²) in [5.74, 6) is 0. The Balaban J connectivity index is 2.17. The Morgan fingerprint density at radius 2 is 1.75 bits per heavy atom. The molecular formula is C16H17Cl2NO. The molecule has 0 fully saturated rings. The first-order chi connectivity index (χ1) is 9.57. The zero-order chi connectivity index (χ0) is 14.6. The average molecular weight is 310 g/mol. The zero-order valence-electron chi connectivity index (χ0n) is 11.2. The Kier molecular flexibility index (Phi) is 5.06. The van der Waals surface area contributed by atoms with Crippen LogP contribution in [0.15, 0.2) is 48.5 Å². The van der Waals surface area contributed by atoms with Gasteiger partial charge in [0.05, 0.1) is 22.2 Å². The van der Waals surface area contributed by atoms with Gasteiger partial charge in [0.15, 0.2) is 0 Å². The highest BCUT2D eigenvalue weighted by molar-refractivity contribution is 6.42. The van der Waals surface area contributed by atoms with E-state index in [0.29, 0.717) is 16.6 Å². The van der Waals surface area contributed by atoms with Gasteiger partial charge < -0.3 is 10.4 Å². The quantitative estimate of drug-likeness (QED) is 0.875. The summed E-state index contributed by atoms with van der Waals surface area (Å²) in [6, 6.07) is 15.4. The van der Waals surface area contributed by atoms with E-state index in [2.05, 4.69) is 5.32 Å². The molecule has 0 saturated carbocycles. The van der Waals surface area contributed by atoms with Crippen molar-refractivity contribution >= 4 is 23.2 Å². The third-order valence-corrected chi connectivity index (χ3v) is 4.29. The molecule has 2 rings (SSSR count). The van der Waals surface area contributed by atoms with E-state index in [9.17, 15) is 5.11 Å². The molecule has 106 valence electrons. The molecule has 0 amide bonds. The summed E-state index contributed by atoms with van der Waals surface area (Å²) in [5.41, 5.74) is 1.42. The van der Waals surface area contributed by atoms with Crippen LogP contribution >= 0.6 is 23.2 Å². The Morgan fingerprint density at radius 1 is 1.05 bits per heavy atom. The second-order valence-electron chi connectivity index (χ2n) is 4.92. The molecule has 0 saturated heterocycles. The van der Waals surface area contributed by atoms with E-state index in [4.69, 9.17) is 23.2 Å². The van der Waals surface area contributed by atoms with Gasteiger partial charge in [-0.25, -0.2) is 0 Å². The topological polar surface area (TPSA) is 32.3 Å². The van der Waals surface area contributed by atoms with Crippen molar-refractivity contribution in [2.75, 3.05) is 6.61 Å². The molecule has 2 aromatic carbocycles. The number of nitrogens with one attached hydrogen (secondary N) is 1. The molecule has 4 heteroatoms. The molecule has 2 N–H and O–H groups in total. The van der Waals surface area contributed by atoms with Gasteiger partial charge in [-0.15, -0.1) is 0 Å². The number of halogens is 2.